The van der Waals surface area contributed by atoms with Gasteiger partial charge in [-0.15, -0.1) is 0 Å². The fraction of sp³-hybridized carbons (Fsp3) is 0.389. The summed E-state index contributed by atoms with van der Waals surface area (Å²) < 4.78 is 10.9. The summed E-state index contributed by atoms with van der Waals surface area (Å²) in [5, 5.41) is 1.72. The summed E-state index contributed by atoms with van der Waals surface area (Å²) in [6.07, 6.45) is 0. The first-order chi connectivity index (χ1) is 10.7. The molecular formula is C18H23NO3. The van der Waals surface area contributed by atoms with Gasteiger partial charge < -0.3 is 9.47 Å². The van der Waals surface area contributed by atoms with E-state index in [1.54, 1.807) is 14.2 Å². The van der Waals surface area contributed by atoms with Gasteiger partial charge >= 0.3 is 0 Å². The largest absolute Gasteiger partial charge is 0.496 e. The summed E-state index contributed by atoms with van der Waals surface area (Å²) in [4.78, 5) is 14.8. The lowest BCUT2D eigenvalue weighted by Crippen LogP contribution is -2.29. The Morgan fingerprint density at radius 1 is 1.00 bits per heavy atom. The molecule has 0 amide bonds. The summed E-state index contributed by atoms with van der Waals surface area (Å²) in [7, 11) is 3.25. The molecule has 2 aromatic rings. The molecule has 0 aliphatic carbocycles. The highest BCUT2D eigenvalue weighted by Crippen LogP contribution is 2.35. The molecule has 0 atom stereocenters. The van der Waals surface area contributed by atoms with Crippen LogP contribution < -0.4 is 9.47 Å². The molecule has 0 aliphatic rings. The lowest BCUT2D eigenvalue weighted by molar-refractivity contribution is 0.0939. The lowest BCUT2D eigenvalue weighted by atomic mass is 9.99. The van der Waals surface area contributed by atoms with Crippen molar-refractivity contribution in [2.45, 2.75) is 13.8 Å². The first-order valence-electron chi connectivity index (χ1n) is 7.55. The molecule has 0 spiro atoms. The molecule has 0 saturated heterocycles. The van der Waals surface area contributed by atoms with Gasteiger partial charge in [0.05, 0.1) is 20.8 Å². The molecule has 0 unspecified atom stereocenters. The van der Waals surface area contributed by atoms with E-state index in [1.807, 2.05) is 30.3 Å². The topological polar surface area (TPSA) is 38.8 Å². The number of rotatable bonds is 7. The van der Waals surface area contributed by atoms with E-state index in [9.17, 15) is 4.79 Å². The maximum atomic E-state index is 12.7. The van der Waals surface area contributed by atoms with Crippen molar-refractivity contribution in [1.82, 2.24) is 4.90 Å². The average molecular weight is 301 g/mol. The van der Waals surface area contributed by atoms with E-state index in [1.165, 1.54) is 0 Å². The second-order valence-corrected chi connectivity index (χ2v) is 5.08. The van der Waals surface area contributed by atoms with Gasteiger partial charge in [-0.05, 0) is 31.3 Å². The number of benzene rings is 2. The minimum atomic E-state index is 0.0980. The van der Waals surface area contributed by atoms with Gasteiger partial charge in [0.1, 0.15) is 11.5 Å². The highest BCUT2D eigenvalue weighted by atomic mass is 16.5. The van der Waals surface area contributed by atoms with E-state index >= 15 is 0 Å². The van der Waals surface area contributed by atoms with Crippen LogP contribution in [-0.2, 0) is 0 Å². The zero-order chi connectivity index (χ0) is 16.1. The first-order valence-corrected chi connectivity index (χ1v) is 7.55. The third-order valence-electron chi connectivity index (χ3n) is 3.96. The van der Waals surface area contributed by atoms with Crippen LogP contribution in [0.4, 0.5) is 0 Å². The molecular weight excluding hydrogens is 278 g/mol. The Morgan fingerprint density at radius 2 is 1.68 bits per heavy atom. The van der Waals surface area contributed by atoms with Crippen molar-refractivity contribution in [2.75, 3.05) is 33.9 Å². The Bertz CT molecular complexity index is 663. The maximum absolute atomic E-state index is 12.7. The van der Waals surface area contributed by atoms with Crippen LogP contribution in [0.2, 0.25) is 0 Å². The Kier molecular flexibility index (Phi) is 5.39. The summed E-state index contributed by atoms with van der Waals surface area (Å²) >= 11 is 0. The fourth-order valence-electron chi connectivity index (χ4n) is 2.66. The SMILES string of the molecule is CCN(CC)CC(=O)c1ccc(OC)c2cccc(OC)c12. The third kappa shape index (κ3) is 3.07. The molecule has 0 heterocycles. The van der Waals surface area contributed by atoms with Gasteiger partial charge in [0, 0.05) is 16.3 Å². The van der Waals surface area contributed by atoms with Gasteiger partial charge in [-0.2, -0.15) is 0 Å². The summed E-state index contributed by atoms with van der Waals surface area (Å²) in [5.74, 6) is 1.54. The van der Waals surface area contributed by atoms with E-state index in [4.69, 9.17) is 9.47 Å². The molecule has 2 rings (SSSR count). The van der Waals surface area contributed by atoms with Crippen molar-refractivity contribution in [3.05, 3.63) is 35.9 Å². The lowest BCUT2D eigenvalue weighted by Gasteiger charge is -2.18. The maximum Gasteiger partial charge on any atom is 0.177 e. The second kappa shape index (κ2) is 7.27. The quantitative estimate of drug-likeness (QED) is 0.735. The molecule has 0 saturated carbocycles. The molecule has 22 heavy (non-hydrogen) atoms. The third-order valence-corrected chi connectivity index (χ3v) is 3.96. The van der Waals surface area contributed by atoms with Crippen LogP contribution in [0, 0.1) is 0 Å². The van der Waals surface area contributed by atoms with Crippen molar-refractivity contribution in [2.24, 2.45) is 0 Å². The Labute approximate surface area is 131 Å². The Morgan fingerprint density at radius 3 is 2.27 bits per heavy atom. The van der Waals surface area contributed by atoms with Gasteiger partial charge in [-0.25, -0.2) is 0 Å². The first kappa shape index (κ1) is 16.3. The monoisotopic (exact) mass is 301 g/mol. The van der Waals surface area contributed by atoms with Crippen molar-refractivity contribution in [3.8, 4) is 11.5 Å². The summed E-state index contributed by atoms with van der Waals surface area (Å²) in [6, 6.07) is 9.40. The van der Waals surface area contributed by atoms with Crippen LogP contribution in [-0.4, -0.2) is 44.5 Å². The number of fused-ring (bicyclic) bond motifs is 1. The van der Waals surface area contributed by atoms with E-state index in [-0.39, 0.29) is 5.78 Å². The van der Waals surface area contributed by atoms with Crippen LogP contribution in [0.25, 0.3) is 10.8 Å². The molecule has 118 valence electrons. The molecule has 0 aromatic heterocycles. The van der Waals surface area contributed by atoms with Gasteiger partial charge in [0.25, 0.3) is 0 Å². The van der Waals surface area contributed by atoms with Crippen LogP contribution in [0.15, 0.2) is 30.3 Å². The van der Waals surface area contributed by atoms with E-state index in [0.29, 0.717) is 17.9 Å². The smallest absolute Gasteiger partial charge is 0.177 e. The number of nitrogens with zero attached hydrogens (tertiary/aromatic N) is 1. The molecule has 4 nitrogen and oxygen atoms in total. The van der Waals surface area contributed by atoms with Crippen LogP contribution >= 0.6 is 0 Å². The number of ether oxygens (including phenoxy) is 2. The Hall–Kier alpha value is -2.07. The standard InChI is InChI=1S/C18H23NO3/c1-5-19(6-2)12-15(20)13-10-11-16(21-3)14-8-7-9-17(22-4)18(13)14/h7-11H,5-6,12H2,1-4H3. The van der Waals surface area contributed by atoms with Gasteiger partial charge in [-0.1, -0.05) is 26.0 Å². The zero-order valence-corrected chi connectivity index (χ0v) is 13.7. The van der Waals surface area contributed by atoms with E-state index < -0.39 is 0 Å². The number of Topliss-reactive ketones (excluding diaryl/α,β-unsaturated/α-hetero) is 1. The second-order valence-electron chi connectivity index (χ2n) is 5.08. The number of likely N-dealkylation sites (N-methyl/N-ethyl adjacent to an activating group) is 1. The molecule has 0 bridgehead atoms. The number of hydrogen-bond donors (Lipinski definition) is 0. The van der Waals surface area contributed by atoms with E-state index in [2.05, 4.69) is 18.7 Å². The van der Waals surface area contributed by atoms with Gasteiger partial charge in [0.2, 0.25) is 0 Å². The number of carbonyl (C=O) groups excluding carboxylic acids is 1. The minimum Gasteiger partial charge on any atom is -0.496 e. The molecule has 4 heteroatoms. The normalized spacial score (nSPS) is 11.0. The van der Waals surface area contributed by atoms with Crippen molar-refractivity contribution >= 4 is 16.6 Å². The summed E-state index contributed by atoms with van der Waals surface area (Å²) in [6.45, 7) is 6.24. The molecule has 0 radical (unpaired) electrons. The number of hydrogen-bond acceptors (Lipinski definition) is 4. The van der Waals surface area contributed by atoms with E-state index in [0.717, 1.165) is 29.6 Å². The van der Waals surface area contributed by atoms with Gasteiger partial charge in [0.15, 0.2) is 5.78 Å². The van der Waals surface area contributed by atoms with Gasteiger partial charge in [-0.3, -0.25) is 9.69 Å². The van der Waals surface area contributed by atoms with Crippen molar-refractivity contribution in [1.29, 1.82) is 0 Å². The molecule has 0 fully saturated rings. The van der Waals surface area contributed by atoms with Crippen molar-refractivity contribution in [3.63, 3.8) is 0 Å². The van der Waals surface area contributed by atoms with Crippen LogP contribution in [0.3, 0.4) is 0 Å². The number of methoxy groups -OCH3 is 2. The average Bonchev–Trinajstić information content (AvgIpc) is 2.57. The highest BCUT2D eigenvalue weighted by molar-refractivity contribution is 6.12. The molecule has 0 aliphatic heterocycles. The summed E-state index contributed by atoms with van der Waals surface area (Å²) in [5.41, 5.74) is 0.681. The number of carbonyl (C=O) groups is 1. The zero-order valence-electron chi connectivity index (χ0n) is 13.7. The van der Waals surface area contributed by atoms with Crippen LogP contribution in [0.1, 0.15) is 24.2 Å². The molecule has 2 aromatic carbocycles. The van der Waals surface area contributed by atoms with Crippen molar-refractivity contribution < 1.29 is 14.3 Å². The highest BCUT2D eigenvalue weighted by Gasteiger charge is 2.18. The minimum absolute atomic E-state index is 0.0980. The molecule has 0 N–H and O–H groups in total. The fourth-order valence-corrected chi connectivity index (χ4v) is 2.66. The van der Waals surface area contributed by atoms with Crippen LogP contribution in [0.5, 0.6) is 11.5 Å². The Balaban J connectivity index is 2.56. The predicted molar refractivity (Wildman–Crippen MR) is 89.2 cm³/mol. The number of ketones is 1. The predicted octanol–water partition coefficient (Wildman–Crippen LogP) is 3.38.